The number of rotatable bonds is 7. The number of aliphatic hydroxyl groups excluding tert-OH is 1. The van der Waals surface area contributed by atoms with Crippen LogP contribution in [0.4, 0.5) is 10.5 Å². The number of carbonyl (C=O) groups is 1. The van der Waals surface area contributed by atoms with Gasteiger partial charge in [-0.05, 0) is 18.8 Å². The summed E-state index contributed by atoms with van der Waals surface area (Å²) in [7, 11) is 0. The molecular formula is C14H26N4O2. The summed E-state index contributed by atoms with van der Waals surface area (Å²) in [4.78, 5) is 12.0. The van der Waals surface area contributed by atoms with Crippen LogP contribution in [0.3, 0.4) is 0 Å². The lowest BCUT2D eigenvalue weighted by molar-refractivity contribution is 0.155. The van der Waals surface area contributed by atoms with Gasteiger partial charge in [0.2, 0.25) is 0 Å². The van der Waals surface area contributed by atoms with Crippen molar-refractivity contribution < 1.29 is 9.90 Å². The average Bonchev–Trinajstić information content (AvgIpc) is 2.82. The lowest BCUT2D eigenvalue weighted by atomic mass is 9.94. The van der Waals surface area contributed by atoms with Crippen molar-refractivity contribution >= 4 is 11.7 Å². The molecule has 0 spiro atoms. The largest absolute Gasteiger partial charge is 0.394 e. The molecule has 0 aliphatic carbocycles. The van der Waals surface area contributed by atoms with E-state index in [1.54, 1.807) is 17.1 Å². The topological polar surface area (TPSA) is 79.2 Å². The minimum absolute atomic E-state index is 0.0694. The SMILES string of the molecule is CCC(CC)(CO)NC(=O)Nc1cnn(CC(C)C)c1. The minimum atomic E-state index is -0.558. The smallest absolute Gasteiger partial charge is 0.319 e. The molecule has 3 N–H and O–H groups in total. The number of aromatic nitrogens is 2. The fourth-order valence-corrected chi connectivity index (χ4v) is 2.00. The van der Waals surface area contributed by atoms with E-state index in [0.29, 0.717) is 24.4 Å². The Morgan fingerprint density at radius 1 is 1.45 bits per heavy atom. The molecule has 1 heterocycles. The quantitative estimate of drug-likeness (QED) is 0.717. The van der Waals surface area contributed by atoms with Crippen LogP contribution in [0.25, 0.3) is 0 Å². The van der Waals surface area contributed by atoms with Gasteiger partial charge in [0, 0.05) is 12.7 Å². The van der Waals surface area contributed by atoms with Crippen molar-refractivity contribution in [1.29, 1.82) is 0 Å². The van der Waals surface area contributed by atoms with Gasteiger partial charge in [0.15, 0.2) is 0 Å². The summed E-state index contributed by atoms with van der Waals surface area (Å²) in [5.74, 6) is 0.499. The normalized spacial score (nSPS) is 11.7. The molecule has 0 aliphatic heterocycles. The van der Waals surface area contributed by atoms with Crippen molar-refractivity contribution in [3.05, 3.63) is 12.4 Å². The summed E-state index contributed by atoms with van der Waals surface area (Å²) >= 11 is 0. The first-order chi connectivity index (χ1) is 9.44. The highest BCUT2D eigenvalue weighted by Gasteiger charge is 2.27. The molecule has 1 aromatic rings. The van der Waals surface area contributed by atoms with Gasteiger partial charge >= 0.3 is 6.03 Å². The predicted octanol–water partition coefficient (Wildman–Crippen LogP) is 2.21. The van der Waals surface area contributed by atoms with Crippen molar-refractivity contribution in [3.8, 4) is 0 Å². The van der Waals surface area contributed by atoms with Crippen LogP contribution in [0, 0.1) is 5.92 Å². The van der Waals surface area contributed by atoms with Crippen molar-refractivity contribution in [2.24, 2.45) is 5.92 Å². The van der Waals surface area contributed by atoms with Gasteiger partial charge in [-0.3, -0.25) is 4.68 Å². The molecule has 114 valence electrons. The summed E-state index contributed by atoms with van der Waals surface area (Å²) < 4.78 is 1.80. The van der Waals surface area contributed by atoms with Gasteiger partial charge in [-0.15, -0.1) is 0 Å². The molecule has 0 unspecified atom stereocenters. The van der Waals surface area contributed by atoms with E-state index in [1.807, 2.05) is 13.8 Å². The van der Waals surface area contributed by atoms with E-state index in [9.17, 15) is 9.90 Å². The van der Waals surface area contributed by atoms with Gasteiger partial charge in [0.1, 0.15) is 0 Å². The summed E-state index contributed by atoms with van der Waals surface area (Å²) in [5, 5.41) is 19.2. The molecule has 0 radical (unpaired) electrons. The second kappa shape index (κ2) is 7.28. The number of nitrogens with one attached hydrogen (secondary N) is 2. The predicted molar refractivity (Wildman–Crippen MR) is 79.6 cm³/mol. The standard InChI is InChI=1S/C14H26N4O2/c1-5-14(6-2,10-19)17-13(20)16-12-7-15-18(9-12)8-11(3)4/h7,9,11,19H,5-6,8,10H2,1-4H3,(H2,16,17,20). The molecule has 1 aromatic heterocycles. The van der Waals surface area contributed by atoms with Gasteiger partial charge < -0.3 is 15.7 Å². The number of hydrogen-bond acceptors (Lipinski definition) is 3. The number of hydrogen-bond donors (Lipinski definition) is 3. The van der Waals surface area contributed by atoms with Crippen LogP contribution in [0.2, 0.25) is 0 Å². The molecule has 0 fully saturated rings. The maximum absolute atomic E-state index is 12.0. The molecule has 20 heavy (non-hydrogen) atoms. The van der Waals surface area contributed by atoms with Crippen molar-refractivity contribution in [2.45, 2.75) is 52.6 Å². The Hall–Kier alpha value is -1.56. The molecule has 1 rings (SSSR count). The van der Waals surface area contributed by atoms with E-state index < -0.39 is 5.54 Å². The second-order valence-electron chi connectivity index (χ2n) is 5.57. The van der Waals surface area contributed by atoms with Crippen molar-refractivity contribution in [1.82, 2.24) is 15.1 Å². The van der Waals surface area contributed by atoms with Gasteiger partial charge in [-0.2, -0.15) is 5.10 Å². The van der Waals surface area contributed by atoms with E-state index in [2.05, 4.69) is 29.6 Å². The molecule has 0 atom stereocenters. The Morgan fingerprint density at radius 3 is 2.60 bits per heavy atom. The number of carbonyl (C=O) groups excluding carboxylic acids is 1. The number of nitrogens with zero attached hydrogens (tertiary/aromatic N) is 2. The summed E-state index contributed by atoms with van der Waals surface area (Å²) in [6.07, 6.45) is 4.79. The molecule has 0 aromatic carbocycles. The highest BCUT2D eigenvalue weighted by atomic mass is 16.3. The average molecular weight is 282 g/mol. The zero-order valence-corrected chi connectivity index (χ0v) is 12.8. The first-order valence-corrected chi connectivity index (χ1v) is 7.17. The fraction of sp³-hybridized carbons (Fsp3) is 0.714. The zero-order valence-electron chi connectivity index (χ0n) is 12.8. The molecule has 6 nitrogen and oxygen atoms in total. The van der Waals surface area contributed by atoms with Crippen LogP contribution in [0.5, 0.6) is 0 Å². The lowest BCUT2D eigenvalue weighted by Gasteiger charge is -2.30. The third-order valence-corrected chi connectivity index (χ3v) is 3.48. The first-order valence-electron chi connectivity index (χ1n) is 7.17. The Labute approximate surface area is 120 Å². The highest BCUT2D eigenvalue weighted by Crippen LogP contribution is 2.15. The van der Waals surface area contributed by atoms with Crippen LogP contribution in [-0.2, 0) is 6.54 Å². The summed E-state index contributed by atoms with van der Waals surface area (Å²) in [6, 6.07) is -0.313. The maximum Gasteiger partial charge on any atom is 0.319 e. The summed E-state index contributed by atoms with van der Waals surface area (Å²) in [6.45, 7) is 8.86. The van der Waals surface area contributed by atoms with Crippen LogP contribution < -0.4 is 10.6 Å². The van der Waals surface area contributed by atoms with Gasteiger partial charge in [-0.1, -0.05) is 27.7 Å². The number of amides is 2. The lowest BCUT2D eigenvalue weighted by Crippen LogP contribution is -2.51. The minimum Gasteiger partial charge on any atom is -0.394 e. The molecule has 0 saturated heterocycles. The fourth-order valence-electron chi connectivity index (χ4n) is 2.00. The molecule has 0 bridgehead atoms. The van der Waals surface area contributed by atoms with E-state index in [-0.39, 0.29) is 12.6 Å². The monoisotopic (exact) mass is 282 g/mol. The van der Waals surface area contributed by atoms with Crippen molar-refractivity contribution in [2.75, 3.05) is 11.9 Å². The molecule has 0 aliphatic rings. The van der Waals surface area contributed by atoms with Crippen molar-refractivity contribution in [3.63, 3.8) is 0 Å². The van der Waals surface area contributed by atoms with Crippen LogP contribution in [-0.4, -0.2) is 33.1 Å². The second-order valence-corrected chi connectivity index (χ2v) is 5.57. The Kier molecular flexibility index (Phi) is 6.01. The van der Waals surface area contributed by atoms with E-state index in [4.69, 9.17) is 0 Å². The summed E-state index contributed by atoms with van der Waals surface area (Å²) in [5.41, 5.74) is 0.0973. The Balaban J connectivity index is 2.60. The van der Waals surface area contributed by atoms with Gasteiger partial charge in [0.25, 0.3) is 0 Å². The van der Waals surface area contributed by atoms with Gasteiger partial charge in [-0.25, -0.2) is 4.79 Å². The molecule has 6 heteroatoms. The number of aliphatic hydroxyl groups is 1. The maximum atomic E-state index is 12.0. The van der Waals surface area contributed by atoms with Crippen LogP contribution >= 0.6 is 0 Å². The molecule has 0 saturated carbocycles. The Bertz CT molecular complexity index is 416. The molecular weight excluding hydrogens is 256 g/mol. The zero-order chi connectivity index (χ0) is 15.2. The first kappa shape index (κ1) is 16.5. The van der Waals surface area contributed by atoms with E-state index in [1.165, 1.54) is 0 Å². The third kappa shape index (κ3) is 4.52. The third-order valence-electron chi connectivity index (χ3n) is 3.48. The van der Waals surface area contributed by atoms with Crippen LogP contribution in [0.1, 0.15) is 40.5 Å². The van der Waals surface area contributed by atoms with E-state index >= 15 is 0 Å². The number of urea groups is 1. The van der Waals surface area contributed by atoms with Crippen LogP contribution in [0.15, 0.2) is 12.4 Å². The van der Waals surface area contributed by atoms with E-state index in [0.717, 1.165) is 6.54 Å². The molecule has 2 amide bonds. The highest BCUT2D eigenvalue weighted by molar-refractivity contribution is 5.89. The Morgan fingerprint density at radius 2 is 2.10 bits per heavy atom. The number of anilines is 1. The van der Waals surface area contributed by atoms with Gasteiger partial charge in [0.05, 0.1) is 24.0 Å².